The molecule has 2 nitrogen and oxygen atoms in total. The average Bonchev–Trinajstić information content (AvgIpc) is 1.90. The van der Waals surface area contributed by atoms with Crippen molar-refractivity contribution in [1.29, 1.82) is 0 Å². The summed E-state index contributed by atoms with van der Waals surface area (Å²) < 4.78 is 0. The third kappa shape index (κ3) is 1.72. The molecule has 1 saturated heterocycles. The fourth-order valence-corrected chi connectivity index (χ4v) is 1.17. The topological polar surface area (TPSA) is 38.0 Å². The van der Waals surface area contributed by atoms with Crippen molar-refractivity contribution in [2.45, 2.75) is 25.3 Å². The minimum absolute atomic E-state index is 0.388. The first kappa shape index (κ1) is 6.62. The molecule has 0 aromatic rings. The highest BCUT2D eigenvalue weighted by Crippen LogP contribution is 2.09. The van der Waals surface area contributed by atoms with Crippen LogP contribution < -0.4 is 11.1 Å². The van der Waals surface area contributed by atoms with E-state index in [1.54, 1.807) is 0 Å². The smallest absolute Gasteiger partial charge is 0.0461 e. The lowest BCUT2D eigenvalue weighted by Gasteiger charge is -2.22. The summed E-state index contributed by atoms with van der Waals surface area (Å²) >= 11 is 0. The largest absolute Gasteiger partial charge is 0.401 e. The van der Waals surface area contributed by atoms with Gasteiger partial charge in [0.25, 0.3) is 0 Å². The number of rotatable bonds is 1. The third-order valence-corrected chi connectivity index (χ3v) is 1.76. The van der Waals surface area contributed by atoms with Crippen molar-refractivity contribution in [3.8, 4) is 0 Å². The molecule has 1 aliphatic rings. The van der Waals surface area contributed by atoms with E-state index >= 15 is 0 Å². The van der Waals surface area contributed by atoms with Crippen molar-refractivity contribution < 1.29 is 0 Å². The zero-order chi connectivity index (χ0) is 6.69. The molecular weight excluding hydrogens is 112 g/mol. The van der Waals surface area contributed by atoms with Gasteiger partial charge in [0, 0.05) is 11.7 Å². The van der Waals surface area contributed by atoms with Crippen LogP contribution in [0.1, 0.15) is 19.3 Å². The molecular formula is C7H14N2. The van der Waals surface area contributed by atoms with Gasteiger partial charge in [0.15, 0.2) is 0 Å². The van der Waals surface area contributed by atoms with E-state index < -0.39 is 0 Å². The van der Waals surface area contributed by atoms with E-state index in [1.807, 2.05) is 0 Å². The number of nitrogens with one attached hydrogen (secondary N) is 1. The molecule has 0 spiro atoms. The van der Waals surface area contributed by atoms with E-state index in [2.05, 4.69) is 11.9 Å². The lowest BCUT2D eigenvalue weighted by Crippen LogP contribution is -2.37. The average molecular weight is 126 g/mol. The van der Waals surface area contributed by atoms with Crippen LogP contribution in [0.3, 0.4) is 0 Å². The van der Waals surface area contributed by atoms with E-state index in [0.29, 0.717) is 6.04 Å². The molecule has 0 aromatic heterocycles. The van der Waals surface area contributed by atoms with Gasteiger partial charge in [0.1, 0.15) is 0 Å². The maximum Gasteiger partial charge on any atom is 0.0461 e. The van der Waals surface area contributed by atoms with Gasteiger partial charge in [-0.2, -0.15) is 0 Å². The molecule has 1 aliphatic heterocycles. The first-order valence-electron chi connectivity index (χ1n) is 3.48. The standard InChI is InChI=1S/C7H14N2/c1-6(8)7-4-2-3-5-9-7/h7,9H,1-5,8H2. The Morgan fingerprint density at radius 3 is 2.67 bits per heavy atom. The maximum absolute atomic E-state index is 5.51. The van der Waals surface area contributed by atoms with Crippen LogP contribution in [0.4, 0.5) is 0 Å². The Hall–Kier alpha value is -0.500. The van der Waals surface area contributed by atoms with Crippen molar-refractivity contribution in [3.63, 3.8) is 0 Å². The molecule has 1 fully saturated rings. The van der Waals surface area contributed by atoms with Gasteiger partial charge in [-0.15, -0.1) is 0 Å². The monoisotopic (exact) mass is 126 g/mol. The second kappa shape index (κ2) is 2.87. The Labute approximate surface area is 56.1 Å². The molecule has 0 amide bonds. The highest BCUT2D eigenvalue weighted by Gasteiger charge is 2.12. The molecule has 0 radical (unpaired) electrons. The van der Waals surface area contributed by atoms with Crippen LogP contribution in [0.2, 0.25) is 0 Å². The Morgan fingerprint density at radius 1 is 1.56 bits per heavy atom. The number of nitrogens with two attached hydrogens (primary N) is 1. The molecule has 2 heteroatoms. The van der Waals surface area contributed by atoms with Crippen LogP contribution in [0, 0.1) is 0 Å². The van der Waals surface area contributed by atoms with Gasteiger partial charge >= 0.3 is 0 Å². The van der Waals surface area contributed by atoms with Gasteiger partial charge < -0.3 is 11.1 Å². The van der Waals surface area contributed by atoms with Gasteiger partial charge in [0.2, 0.25) is 0 Å². The van der Waals surface area contributed by atoms with Gasteiger partial charge in [-0.05, 0) is 19.4 Å². The Bertz CT molecular complexity index is 103. The predicted molar refractivity (Wildman–Crippen MR) is 39.0 cm³/mol. The molecule has 1 atom stereocenters. The fraction of sp³-hybridized carbons (Fsp3) is 0.714. The van der Waals surface area contributed by atoms with Crippen LogP contribution in [0.15, 0.2) is 12.3 Å². The lowest BCUT2D eigenvalue weighted by molar-refractivity contribution is 0.438. The molecule has 0 aromatic carbocycles. The van der Waals surface area contributed by atoms with Gasteiger partial charge in [-0.25, -0.2) is 0 Å². The van der Waals surface area contributed by atoms with E-state index in [-0.39, 0.29) is 0 Å². The quantitative estimate of drug-likeness (QED) is 0.540. The second-order valence-electron chi connectivity index (χ2n) is 2.58. The summed E-state index contributed by atoms with van der Waals surface area (Å²) in [4.78, 5) is 0. The summed E-state index contributed by atoms with van der Waals surface area (Å²) in [6.07, 6.45) is 3.73. The van der Waals surface area contributed by atoms with Crippen molar-refractivity contribution >= 4 is 0 Å². The molecule has 9 heavy (non-hydrogen) atoms. The molecule has 1 rings (SSSR count). The number of hydrogen-bond donors (Lipinski definition) is 2. The van der Waals surface area contributed by atoms with Crippen LogP contribution in [0.25, 0.3) is 0 Å². The molecule has 0 saturated carbocycles. The first-order valence-corrected chi connectivity index (χ1v) is 3.48. The summed E-state index contributed by atoms with van der Waals surface area (Å²) in [5.74, 6) is 0. The molecule has 1 heterocycles. The van der Waals surface area contributed by atoms with Crippen LogP contribution in [-0.2, 0) is 0 Å². The highest BCUT2D eigenvalue weighted by atomic mass is 14.9. The number of piperidine rings is 1. The van der Waals surface area contributed by atoms with E-state index in [4.69, 9.17) is 5.73 Å². The van der Waals surface area contributed by atoms with Gasteiger partial charge in [0.05, 0.1) is 0 Å². The highest BCUT2D eigenvalue weighted by molar-refractivity contribution is 5.00. The van der Waals surface area contributed by atoms with E-state index in [0.717, 1.165) is 18.7 Å². The zero-order valence-electron chi connectivity index (χ0n) is 5.69. The minimum atomic E-state index is 0.388. The predicted octanol–water partition coefficient (Wildman–Crippen LogP) is 0.601. The lowest BCUT2D eigenvalue weighted by atomic mass is 10.0. The minimum Gasteiger partial charge on any atom is -0.401 e. The van der Waals surface area contributed by atoms with Crippen molar-refractivity contribution in [1.82, 2.24) is 5.32 Å². The van der Waals surface area contributed by atoms with Crippen molar-refractivity contribution in [2.24, 2.45) is 5.73 Å². The molecule has 0 aliphatic carbocycles. The van der Waals surface area contributed by atoms with Gasteiger partial charge in [-0.3, -0.25) is 0 Å². The number of hydrogen-bond acceptors (Lipinski definition) is 2. The maximum atomic E-state index is 5.51. The summed E-state index contributed by atoms with van der Waals surface area (Å²) in [5, 5.41) is 3.29. The SMILES string of the molecule is C=C(N)C1CCCCN1. The van der Waals surface area contributed by atoms with Gasteiger partial charge in [-0.1, -0.05) is 13.0 Å². The molecule has 52 valence electrons. The Morgan fingerprint density at radius 2 is 2.33 bits per heavy atom. The third-order valence-electron chi connectivity index (χ3n) is 1.76. The van der Waals surface area contributed by atoms with Crippen LogP contribution >= 0.6 is 0 Å². The Kier molecular flexibility index (Phi) is 2.11. The van der Waals surface area contributed by atoms with E-state index in [9.17, 15) is 0 Å². The summed E-state index contributed by atoms with van der Waals surface area (Å²) in [5.41, 5.74) is 6.30. The summed E-state index contributed by atoms with van der Waals surface area (Å²) in [6, 6.07) is 0.388. The Balaban J connectivity index is 2.31. The molecule has 0 bridgehead atoms. The molecule has 3 N–H and O–H groups in total. The first-order chi connectivity index (χ1) is 4.30. The zero-order valence-corrected chi connectivity index (χ0v) is 5.69. The van der Waals surface area contributed by atoms with Crippen LogP contribution in [0.5, 0.6) is 0 Å². The van der Waals surface area contributed by atoms with Crippen molar-refractivity contribution in [2.75, 3.05) is 6.54 Å². The fourth-order valence-electron chi connectivity index (χ4n) is 1.17. The van der Waals surface area contributed by atoms with Crippen molar-refractivity contribution in [3.05, 3.63) is 12.3 Å². The summed E-state index contributed by atoms with van der Waals surface area (Å²) in [6.45, 7) is 4.79. The molecule has 1 unspecified atom stereocenters. The summed E-state index contributed by atoms with van der Waals surface area (Å²) in [7, 11) is 0. The second-order valence-corrected chi connectivity index (χ2v) is 2.58. The van der Waals surface area contributed by atoms with Crippen LogP contribution in [-0.4, -0.2) is 12.6 Å². The van der Waals surface area contributed by atoms with E-state index in [1.165, 1.54) is 12.8 Å². The normalized spacial score (nSPS) is 27.8.